The Morgan fingerprint density at radius 1 is 1.08 bits per heavy atom. The number of hydrogen-bond donors (Lipinski definition) is 1. The van der Waals surface area contributed by atoms with Gasteiger partial charge >= 0.3 is 5.63 Å². The van der Waals surface area contributed by atoms with E-state index in [1.807, 2.05) is 17.0 Å². The summed E-state index contributed by atoms with van der Waals surface area (Å²) in [6, 6.07) is 15.0. The maximum Gasteiger partial charge on any atom is 0.345 e. The quantitative estimate of drug-likeness (QED) is 0.467. The van der Waals surface area contributed by atoms with Gasteiger partial charge in [0.25, 0.3) is 0 Å². The van der Waals surface area contributed by atoms with Gasteiger partial charge in [-0.05, 0) is 42.9 Å². The lowest BCUT2D eigenvalue weighted by atomic mass is 9.68. The van der Waals surface area contributed by atoms with E-state index < -0.39 is 11.0 Å². The van der Waals surface area contributed by atoms with Crippen LogP contribution < -0.4 is 21.0 Å². The number of nitrogens with two attached hydrogens (primary N) is 1. The zero-order valence-corrected chi connectivity index (χ0v) is 20.0. The summed E-state index contributed by atoms with van der Waals surface area (Å²) in [4.78, 5) is 30.6. The van der Waals surface area contributed by atoms with E-state index in [0.717, 1.165) is 49.8 Å². The Morgan fingerprint density at radius 3 is 2.64 bits per heavy atom. The lowest BCUT2D eigenvalue weighted by Gasteiger charge is -2.50. The number of anilines is 1. The summed E-state index contributed by atoms with van der Waals surface area (Å²) < 4.78 is 11.7. The Hall–Kier alpha value is -4.05. The third-order valence-corrected chi connectivity index (χ3v) is 8.78. The highest BCUT2D eigenvalue weighted by molar-refractivity contribution is 6.16. The van der Waals surface area contributed by atoms with Gasteiger partial charge in [0.1, 0.15) is 22.8 Å². The molecule has 0 bridgehead atoms. The summed E-state index contributed by atoms with van der Waals surface area (Å²) in [5.74, 6) is -0.0333. The van der Waals surface area contributed by atoms with Gasteiger partial charge in [-0.25, -0.2) is 4.79 Å². The van der Waals surface area contributed by atoms with Crippen molar-refractivity contribution in [2.45, 2.75) is 62.3 Å². The minimum atomic E-state index is -1.71. The van der Waals surface area contributed by atoms with E-state index in [4.69, 9.17) is 14.9 Å². The Morgan fingerprint density at radius 2 is 1.86 bits per heavy atom. The van der Waals surface area contributed by atoms with Crippen molar-refractivity contribution in [3.05, 3.63) is 81.0 Å². The molecule has 36 heavy (non-hydrogen) atoms. The number of hydrogen-bond acceptors (Lipinski definition) is 6. The number of amides is 1. The van der Waals surface area contributed by atoms with Gasteiger partial charge < -0.3 is 19.8 Å². The first-order chi connectivity index (χ1) is 17.4. The summed E-state index contributed by atoms with van der Waals surface area (Å²) in [7, 11) is 0. The zero-order chi connectivity index (χ0) is 24.8. The average molecular weight is 480 g/mol. The molecule has 0 saturated heterocycles. The van der Waals surface area contributed by atoms with E-state index in [1.54, 1.807) is 24.3 Å². The molecule has 1 saturated carbocycles. The monoisotopic (exact) mass is 479 g/mol. The van der Waals surface area contributed by atoms with Crippen molar-refractivity contribution in [2.75, 3.05) is 4.90 Å². The molecule has 7 heteroatoms. The molecule has 1 fully saturated rings. The van der Waals surface area contributed by atoms with Crippen molar-refractivity contribution < 1.29 is 13.9 Å². The molecule has 2 aromatic carbocycles. The van der Waals surface area contributed by atoms with Crippen LogP contribution in [0.3, 0.4) is 0 Å². The van der Waals surface area contributed by atoms with E-state index in [9.17, 15) is 14.9 Å². The predicted octanol–water partition coefficient (Wildman–Crippen LogP) is 4.72. The number of fused-ring (bicyclic) bond motifs is 6. The molecule has 7 nitrogen and oxygen atoms in total. The highest BCUT2D eigenvalue weighted by Gasteiger charge is 2.66. The first-order valence-corrected chi connectivity index (χ1v) is 12.6. The van der Waals surface area contributed by atoms with Gasteiger partial charge in [-0.15, -0.1) is 0 Å². The Bertz CT molecular complexity index is 1620. The summed E-state index contributed by atoms with van der Waals surface area (Å²) >= 11 is 0. The van der Waals surface area contributed by atoms with E-state index in [0.29, 0.717) is 16.5 Å². The van der Waals surface area contributed by atoms with Crippen molar-refractivity contribution >= 4 is 22.6 Å². The number of rotatable bonds is 0. The highest BCUT2D eigenvalue weighted by atomic mass is 16.5. The maximum absolute atomic E-state index is 15.0. The molecule has 4 aliphatic rings. The molecule has 4 heterocycles. The van der Waals surface area contributed by atoms with Gasteiger partial charge in [-0.3, -0.25) is 4.79 Å². The number of benzene rings is 2. The number of nitriles is 1. The number of nitrogens with zero attached hydrogens (tertiary/aromatic N) is 2. The van der Waals surface area contributed by atoms with Gasteiger partial charge in [0.15, 0.2) is 11.2 Å². The van der Waals surface area contributed by atoms with Crippen molar-refractivity contribution in [3.63, 3.8) is 0 Å². The topological polar surface area (TPSA) is 110 Å². The zero-order valence-electron chi connectivity index (χ0n) is 20.0. The third-order valence-electron chi connectivity index (χ3n) is 8.78. The first kappa shape index (κ1) is 21.3. The summed E-state index contributed by atoms with van der Waals surface area (Å²) in [6.45, 7) is 2.20. The fourth-order valence-corrected chi connectivity index (χ4v) is 7.40. The first-order valence-electron chi connectivity index (χ1n) is 12.6. The molecule has 1 amide bonds. The normalized spacial score (nSPS) is 25.6. The van der Waals surface area contributed by atoms with Crippen LogP contribution in [0.1, 0.15) is 68.1 Å². The van der Waals surface area contributed by atoms with E-state index in [-0.39, 0.29) is 40.1 Å². The van der Waals surface area contributed by atoms with E-state index in [1.165, 1.54) is 0 Å². The number of carbonyl (C=O) groups is 1. The van der Waals surface area contributed by atoms with Crippen LogP contribution >= 0.6 is 0 Å². The lowest BCUT2D eigenvalue weighted by Crippen LogP contribution is -2.58. The SMILES string of the molecule is C[C@H]1CC2(CCCCC2)N2C(=O)[C@@]3(C(C#N)=C(N)Oc4c3c(=O)oc3ccccc43)c3cccc1c32. The number of carbonyl (C=O) groups excluding carboxylic acids is 1. The second-order valence-corrected chi connectivity index (χ2v) is 10.6. The van der Waals surface area contributed by atoms with Crippen LogP contribution in [-0.2, 0) is 10.2 Å². The Labute approximate surface area is 207 Å². The molecule has 1 aromatic heterocycles. The van der Waals surface area contributed by atoms with Crippen molar-refractivity contribution in [3.8, 4) is 11.8 Å². The minimum Gasteiger partial charge on any atom is -0.439 e. The molecule has 2 N–H and O–H groups in total. The molecular weight excluding hydrogens is 454 g/mol. The van der Waals surface area contributed by atoms with Crippen LogP contribution in [0, 0.1) is 11.3 Å². The van der Waals surface area contributed by atoms with Gasteiger partial charge in [0, 0.05) is 11.1 Å². The molecule has 2 spiro atoms. The number of ether oxygens (including phenoxy) is 1. The molecular formula is C29H25N3O4. The smallest absolute Gasteiger partial charge is 0.345 e. The van der Waals surface area contributed by atoms with Gasteiger partial charge in [0.05, 0.1) is 11.1 Å². The summed E-state index contributed by atoms with van der Waals surface area (Å²) in [5.41, 5.74) is 6.45. The highest BCUT2D eigenvalue weighted by Crippen LogP contribution is 2.62. The van der Waals surface area contributed by atoms with Crippen LogP contribution in [0.5, 0.6) is 5.75 Å². The fraction of sp³-hybridized carbons (Fsp3) is 0.345. The molecule has 7 rings (SSSR count). The van der Waals surface area contributed by atoms with Crippen molar-refractivity contribution in [2.24, 2.45) is 5.73 Å². The third kappa shape index (κ3) is 2.32. The Kier molecular flexibility index (Phi) is 4.14. The maximum atomic E-state index is 15.0. The average Bonchev–Trinajstić information content (AvgIpc) is 3.13. The van der Waals surface area contributed by atoms with Crippen LogP contribution in [0.15, 0.2) is 63.1 Å². The standard InChI is InChI=1S/C29H25N3O4/c1-16-14-28(12-5-2-6-13-28)32-23-17(16)9-7-10-19(23)29(27(32)34)20(15-30)25(31)36-24-18-8-3-4-11-21(18)35-26(33)22(24)29/h3-4,7-11,16H,2,5-6,12-14,31H2,1H3/t16-,29+/m0/s1. The van der Waals surface area contributed by atoms with Crippen LogP contribution in [-0.4, -0.2) is 11.4 Å². The molecule has 0 radical (unpaired) electrons. The Balaban J connectivity index is 1.64. The largest absolute Gasteiger partial charge is 0.439 e. The summed E-state index contributed by atoms with van der Waals surface area (Å²) in [5, 5.41) is 10.9. The van der Waals surface area contributed by atoms with Crippen LogP contribution in [0.4, 0.5) is 5.69 Å². The second-order valence-electron chi connectivity index (χ2n) is 10.6. The lowest BCUT2D eigenvalue weighted by molar-refractivity contribution is -0.122. The van der Waals surface area contributed by atoms with Gasteiger partial charge in [-0.2, -0.15) is 5.26 Å². The van der Waals surface area contributed by atoms with Crippen LogP contribution in [0.25, 0.3) is 11.0 Å². The van der Waals surface area contributed by atoms with Crippen LogP contribution in [0.2, 0.25) is 0 Å². The van der Waals surface area contributed by atoms with Gasteiger partial charge in [-0.1, -0.05) is 56.5 Å². The second kappa shape index (κ2) is 7.01. The predicted molar refractivity (Wildman–Crippen MR) is 133 cm³/mol. The summed E-state index contributed by atoms with van der Waals surface area (Å²) in [6.07, 6.45) is 5.85. The molecule has 2 atom stereocenters. The van der Waals surface area contributed by atoms with Gasteiger partial charge in [0.2, 0.25) is 11.8 Å². The molecule has 3 aromatic rings. The number of para-hydroxylation sites is 2. The van der Waals surface area contributed by atoms with Crippen molar-refractivity contribution in [1.29, 1.82) is 5.26 Å². The minimum absolute atomic E-state index is 0.0402. The molecule has 1 aliphatic carbocycles. The molecule has 3 aliphatic heterocycles. The molecule has 180 valence electrons. The van der Waals surface area contributed by atoms with E-state index >= 15 is 0 Å². The fourth-order valence-electron chi connectivity index (χ4n) is 7.40. The molecule has 0 unspecified atom stereocenters. The van der Waals surface area contributed by atoms with E-state index in [2.05, 4.69) is 19.1 Å². The van der Waals surface area contributed by atoms with Crippen molar-refractivity contribution in [1.82, 2.24) is 0 Å².